The van der Waals surface area contributed by atoms with Gasteiger partial charge < -0.3 is 18.9 Å². The molecule has 19 heavy (non-hydrogen) atoms. The van der Waals surface area contributed by atoms with E-state index < -0.39 is 5.97 Å². The van der Waals surface area contributed by atoms with Crippen LogP contribution in [0.15, 0.2) is 24.3 Å². The van der Waals surface area contributed by atoms with Gasteiger partial charge in [-0.3, -0.25) is 0 Å². The molecule has 1 aromatic rings. The quantitative estimate of drug-likeness (QED) is 0.595. The fraction of sp³-hybridized carbons (Fsp3) is 0.462. The molecule has 108 valence electrons. The molecule has 0 saturated carbocycles. The fourth-order valence-corrected chi connectivity index (χ4v) is 1.28. The standard InChI is InChI=1S/C13H18O5.ClH/c1-5-17-12(14)10-7-6-8-11(9-10)18-13(2,15-3)16-4;/h6-9H,5H2,1-4H3;1H. The zero-order chi connectivity index (χ0) is 13.6. The third-order valence-electron chi connectivity index (χ3n) is 2.39. The normalized spacial score (nSPS) is 10.5. The van der Waals surface area contributed by atoms with E-state index in [0.717, 1.165) is 0 Å². The maximum Gasteiger partial charge on any atom is 0.338 e. The second-order valence-corrected chi connectivity index (χ2v) is 3.62. The number of carbonyl (C=O) groups is 1. The second-order valence-electron chi connectivity index (χ2n) is 3.62. The van der Waals surface area contributed by atoms with E-state index in [1.807, 2.05) is 0 Å². The molecule has 5 nitrogen and oxygen atoms in total. The van der Waals surface area contributed by atoms with Crippen molar-refractivity contribution in [2.45, 2.75) is 19.8 Å². The van der Waals surface area contributed by atoms with E-state index in [9.17, 15) is 4.79 Å². The maximum atomic E-state index is 11.6. The molecule has 0 bridgehead atoms. The smallest absolute Gasteiger partial charge is 0.338 e. The van der Waals surface area contributed by atoms with Crippen LogP contribution in [0.25, 0.3) is 0 Å². The van der Waals surface area contributed by atoms with Crippen molar-refractivity contribution in [1.82, 2.24) is 0 Å². The Hall–Kier alpha value is -1.30. The predicted molar refractivity (Wildman–Crippen MR) is 72.7 cm³/mol. The van der Waals surface area contributed by atoms with Crippen LogP contribution in [0.2, 0.25) is 0 Å². The number of esters is 1. The van der Waals surface area contributed by atoms with Gasteiger partial charge in [0.1, 0.15) is 5.75 Å². The summed E-state index contributed by atoms with van der Waals surface area (Å²) in [5, 5.41) is 0. The van der Waals surface area contributed by atoms with Crippen LogP contribution in [0, 0.1) is 0 Å². The molecule has 6 heteroatoms. The Balaban J connectivity index is 0.00000324. The summed E-state index contributed by atoms with van der Waals surface area (Å²) in [6.07, 6.45) is 0. The van der Waals surface area contributed by atoms with Gasteiger partial charge in [0.2, 0.25) is 0 Å². The average molecular weight is 291 g/mol. The molecule has 0 atom stereocenters. The number of carbonyl (C=O) groups excluding carboxylic acids is 1. The third-order valence-corrected chi connectivity index (χ3v) is 2.39. The van der Waals surface area contributed by atoms with E-state index in [0.29, 0.717) is 17.9 Å². The van der Waals surface area contributed by atoms with Gasteiger partial charge in [-0.2, -0.15) is 0 Å². The summed E-state index contributed by atoms with van der Waals surface area (Å²) in [5.41, 5.74) is 0.420. The number of benzene rings is 1. The van der Waals surface area contributed by atoms with Crippen molar-refractivity contribution in [1.29, 1.82) is 0 Å². The Bertz CT molecular complexity index is 404. The number of halogens is 1. The van der Waals surface area contributed by atoms with Crippen LogP contribution < -0.4 is 4.74 Å². The van der Waals surface area contributed by atoms with Gasteiger partial charge in [0.25, 0.3) is 0 Å². The lowest BCUT2D eigenvalue weighted by atomic mass is 10.2. The molecule has 0 aliphatic heterocycles. The van der Waals surface area contributed by atoms with Crippen molar-refractivity contribution < 1.29 is 23.7 Å². The molecule has 0 aliphatic carbocycles. The van der Waals surface area contributed by atoms with Gasteiger partial charge in [-0.05, 0) is 25.1 Å². The lowest BCUT2D eigenvalue weighted by molar-refractivity contribution is -0.309. The topological polar surface area (TPSA) is 54.0 Å². The highest BCUT2D eigenvalue weighted by molar-refractivity contribution is 5.89. The molecule has 0 aromatic heterocycles. The molecule has 0 amide bonds. The van der Waals surface area contributed by atoms with E-state index >= 15 is 0 Å². The van der Waals surface area contributed by atoms with Crippen molar-refractivity contribution in [3.05, 3.63) is 29.8 Å². The zero-order valence-electron chi connectivity index (χ0n) is 11.5. The SMILES string of the molecule is CCOC(=O)c1cccc(OC(C)(OC)OC)c1.Cl. The molecule has 0 radical (unpaired) electrons. The maximum absolute atomic E-state index is 11.6. The highest BCUT2D eigenvalue weighted by Crippen LogP contribution is 2.21. The van der Waals surface area contributed by atoms with Gasteiger partial charge in [-0.1, -0.05) is 6.07 Å². The first kappa shape index (κ1) is 17.7. The zero-order valence-corrected chi connectivity index (χ0v) is 12.3. The summed E-state index contributed by atoms with van der Waals surface area (Å²) in [7, 11) is 2.94. The highest BCUT2D eigenvalue weighted by atomic mass is 35.5. The van der Waals surface area contributed by atoms with E-state index in [-0.39, 0.29) is 18.4 Å². The molecule has 0 unspecified atom stereocenters. The fourth-order valence-electron chi connectivity index (χ4n) is 1.28. The molecule has 0 spiro atoms. The summed E-state index contributed by atoms with van der Waals surface area (Å²) >= 11 is 0. The number of ether oxygens (including phenoxy) is 4. The minimum absolute atomic E-state index is 0. The van der Waals surface area contributed by atoms with Crippen LogP contribution in [0.4, 0.5) is 0 Å². The molecular formula is C13H19ClO5. The predicted octanol–water partition coefficient (Wildman–Crippen LogP) is 2.63. The Morgan fingerprint density at radius 2 is 1.89 bits per heavy atom. The lowest BCUT2D eigenvalue weighted by Crippen LogP contribution is -2.36. The number of rotatable bonds is 6. The van der Waals surface area contributed by atoms with Crippen LogP contribution in [0.5, 0.6) is 5.75 Å². The van der Waals surface area contributed by atoms with Gasteiger partial charge >= 0.3 is 11.9 Å². The molecule has 0 N–H and O–H groups in total. The number of methoxy groups -OCH3 is 2. The van der Waals surface area contributed by atoms with Crippen LogP contribution in [-0.4, -0.2) is 32.8 Å². The summed E-state index contributed by atoms with van der Waals surface area (Å²) in [5.74, 6) is -1.11. The monoisotopic (exact) mass is 290 g/mol. The minimum Gasteiger partial charge on any atom is -0.462 e. The van der Waals surface area contributed by atoms with Crippen molar-refractivity contribution in [3.63, 3.8) is 0 Å². The summed E-state index contributed by atoms with van der Waals surface area (Å²) in [6.45, 7) is 3.72. The van der Waals surface area contributed by atoms with Crippen molar-refractivity contribution in [2.75, 3.05) is 20.8 Å². The van der Waals surface area contributed by atoms with Crippen LogP contribution >= 0.6 is 12.4 Å². The van der Waals surface area contributed by atoms with Gasteiger partial charge in [0.15, 0.2) is 0 Å². The Morgan fingerprint density at radius 3 is 2.42 bits per heavy atom. The van der Waals surface area contributed by atoms with Gasteiger partial charge in [-0.25, -0.2) is 4.79 Å². The minimum atomic E-state index is -1.19. The van der Waals surface area contributed by atoms with E-state index in [1.165, 1.54) is 14.2 Å². The van der Waals surface area contributed by atoms with Crippen molar-refractivity contribution in [2.24, 2.45) is 0 Å². The molecule has 0 heterocycles. The van der Waals surface area contributed by atoms with Gasteiger partial charge in [0, 0.05) is 21.1 Å². The van der Waals surface area contributed by atoms with E-state index in [2.05, 4.69) is 0 Å². The van der Waals surface area contributed by atoms with Gasteiger partial charge in [0.05, 0.1) is 12.2 Å². The first-order valence-corrected chi connectivity index (χ1v) is 5.61. The van der Waals surface area contributed by atoms with E-state index in [1.54, 1.807) is 38.1 Å². The molecule has 0 saturated heterocycles. The van der Waals surface area contributed by atoms with E-state index in [4.69, 9.17) is 18.9 Å². The first-order chi connectivity index (χ1) is 8.54. The second kappa shape index (κ2) is 7.99. The third kappa shape index (κ3) is 5.06. The first-order valence-electron chi connectivity index (χ1n) is 5.61. The molecule has 1 rings (SSSR count). The average Bonchev–Trinajstić information content (AvgIpc) is 2.39. The Morgan fingerprint density at radius 1 is 1.26 bits per heavy atom. The lowest BCUT2D eigenvalue weighted by Gasteiger charge is -2.26. The van der Waals surface area contributed by atoms with Crippen LogP contribution in [0.1, 0.15) is 24.2 Å². The molecular weight excluding hydrogens is 272 g/mol. The van der Waals surface area contributed by atoms with Crippen molar-refractivity contribution in [3.8, 4) is 5.75 Å². The summed E-state index contributed by atoms with van der Waals surface area (Å²) < 4.78 is 20.6. The van der Waals surface area contributed by atoms with Crippen LogP contribution in [0.3, 0.4) is 0 Å². The largest absolute Gasteiger partial charge is 0.462 e. The highest BCUT2D eigenvalue weighted by Gasteiger charge is 2.25. The number of hydrogen-bond acceptors (Lipinski definition) is 5. The van der Waals surface area contributed by atoms with Crippen molar-refractivity contribution >= 4 is 18.4 Å². The Labute approximate surface area is 119 Å². The molecule has 0 fully saturated rings. The summed E-state index contributed by atoms with van der Waals surface area (Å²) in [6, 6.07) is 6.64. The Kier molecular flexibility index (Phi) is 7.44. The van der Waals surface area contributed by atoms with Crippen LogP contribution in [-0.2, 0) is 14.2 Å². The number of hydrogen-bond donors (Lipinski definition) is 0. The summed E-state index contributed by atoms with van der Waals surface area (Å²) in [4.78, 5) is 11.6. The molecule has 0 aliphatic rings. The van der Waals surface area contributed by atoms with Gasteiger partial charge in [-0.15, -0.1) is 12.4 Å². The molecule has 1 aromatic carbocycles.